The molecule has 1 aromatic carbocycles. The van der Waals surface area contributed by atoms with Gasteiger partial charge in [0.2, 0.25) is 10.0 Å². The zero-order valence-corrected chi connectivity index (χ0v) is 17.8. The van der Waals surface area contributed by atoms with E-state index in [0.717, 1.165) is 21.2 Å². The predicted molar refractivity (Wildman–Crippen MR) is 113 cm³/mol. The Hall–Kier alpha value is -2.59. The van der Waals surface area contributed by atoms with Gasteiger partial charge in [-0.25, -0.2) is 18.4 Å². The fourth-order valence-electron chi connectivity index (χ4n) is 4.63. The third-order valence-electron chi connectivity index (χ3n) is 6.40. The average molecular weight is 448 g/mol. The van der Waals surface area contributed by atoms with Crippen molar-refractivity contribution < 1.29 is 17.2 Å². The number of aromatic nitrogens is 3. The Labute approximate surface area is 179 Å². The minimum atomic E-state index is -3.79. The molecule has 1 N–H and O–H groups in total. The summed E-state index contributed by atoms with van der Waals surface area (Å²) in [6.45, 7) is -0.800. The van der Waals surface area contributed by atoms with Crippen molar-refractivity contribution in [1.82, 2.24) is 19.3 Å². The SMILES string of the molecule is CN(c1ncnc2[nH]ccc12)[C@H]1C[C@@H](CS(=O)(=O)N2Cc3ccccc3C(F)(F)C2)C1. The largest absolute Gasteiger partial charge is 0.356 e. The number of nitrogens with one attached hydrogen (secondary N) is 1. The van der Waals surface area contributed by atoms with Crippen molar-refractivity contribution in [1.29, 1.82) is 0 Å². The van der Waals surface area contributed by atoms with Crippen LogP contribution in [0.2, 0.25) is 0 Å². The predicted octanol–water partition coefficient (Wildman–Crippen LogP) is 3.11. The van der Waals surface area contributed by atoms with Crippen LogP contribution in [0.5, 0.6) is 0 Å². The van der Waals surface area contributed by atoms with Crippen molar-refractivity contribution in [3.63, 3.8) is 0 Å². The molecule has 1 saturated carbocycles. The minimum Gasteiger partial charge on any atom is -0.356 e. The topological polar surface area (TPSA) is 82.2 Å². The Morgan fingerprint density at radius 2 is 2.00 bits per heavy atom. The van der Waals surface area contributed by atoms with Crippen molar-refractivity contribution >= 4 is 26.9 Å². The van der Waals surface area contributed by atoms with E-state index >= 15 is 0 Å². The molecule has 7 nitrogen and oxygen atoms in total. The van der Waals surface area contributed by atoms with E-state index in [-0.39, 0.29) is 29.8 Å². The van der Waals surface area contributed by atoms with Crippen LogP contribution in [-0.2, 0) is 22.5 Å². The number of benzene rings is 1. The van der Waals surface area contributed by atoms with Crippen LogP contribution in [0, 0.1) is 5.92 Å². The first kappa shape index (κ1) is 20.3. The molecule has 2 aromatic heterocycles. The summed E-state index contributed by atoms with van der Waals surface area (Å²) in [5, 5.41) is 0.912. The molecule has 3 aromatic rings. The van der Waals surface area contributed by atoms with Gasteiger partial charge >= 0.3 is 0 Å². The molecule has 0 radical (unpaired) electrons. The Kier molecular flexibility index (Phi) is 4.74. The first-order chi connectivity index (χ1) is 14.7. The molecule has 1 aliphatic carbocycles. The number of halogens is 2. The van der Waals surface area contributed by atoms with Gasteiger partial charge in [-0.05, 0) is 30.4 Å². The summed E-state index contributed by atoms with van der Waals surface area (Å²) in [7, 11) is -1.86. The highest BCUT2D eigenvalue weighted by molar-refractivity contribution is 7.89. The zero-order valence-electron chi connectivity index (χ0n) is 17.0. The third-order valence-corrected chi connectivity index (χ3v) is 8.34. The van der Waals surface area contributed by atoms with E-state index in [1.165, 1.54) is 12.4 Å². The second-order valence-corrected chi connectivity index (χ2v) is 10.5. The van der Waals surface area contributed by atoms with Crippen LogP contribution in [0.1, 0.15) is 24.0 Å². The first-order valence-corrected chi connectivity index (χ1v) is 11.8. The second kappa shape index (κ2) is 7.23. The van der Waals surface area contributed by atoms with Gasteiger partial charge in [0.25, 0.3) is 5.92 Å². The van der Waals surface area contributed by atoms with Gasteiger partial charge in [-0.3, -0.25) is 0 Å². The van der Waals surface area contributed by atoms with Crippen LogP contribution in [-0.4, -0.2) is 53.1 Å². The Morgan fingerprint density at radius 3 is 2.81 bits per heavy atom. The van der Waals surface area contributed by atoms with Gasteiger partial charge in [0.15, 0.2) is 0 Å². The van der Waals surface area contributed by atoms with Crippen LogP contribution in [0.3, 0.4) is 0 Å². The number of anilines is 1. The summed E-state index contributed by atoms with van der Waals surface area (Å²) in [5.74, 6) is -2.56. The molecule has 31 heavy (non-hydrogen) atoms. The van der Waals surface area contributed by atoms with Crippen molar-refractivity contribution in [3.05, 3.63) is 54.0 Å². The highest BCUT2D eigenvalue weighted by atomic mass is 32.2. The van der Waals surface area contributed by atoms with E-state index in [2.05, 4.69) is 15.0 Å². The molecule has 2 aliphatic rings. The molecular formula is C21H23F2N5O2S. The van der Waals surface area contributed by atoms with Gasteiger partial charge in [0.05, 0.1) is 17.7 Å². The number of alkyl halides is 2. The molecule has 0 atom stereocenters. The molecule has 5 rings (SSSR count). The van der Waals surface area contributed by atoms with Gasteiger partial charge in [0, 0.05) is 31.4 Å². The highest BCUT2D eigenvalue weighted by Gasteiger charge is 2.45. The summed E-state index contributed by atoms with van der Waals surface area (Å²) in [6.07, 6.45) is 4.65. The molecule has 0 amide bonds. The maximum absolute atomic E-state index is 14.5. The summed E-state index contributed by atoms with van der Waals surface area (Å²) in [4.78, 5) is 13.7. The van der Waals surface area contributed by atoms with Crippen molar-refractivity contribution in [2.24, 2.45) is 5.92 Å². The number of aromatic amines is 1. The van der Waals surface area contributed by atoms with Gasteiger partial charge < -0.3 is 9.88 Å². The van der Waals surface area contributed by atoms with E-state index in [1.54, 1.807) is 24.4 Å². The summed E-state index contributed by atoms with van der Waals surface area (Å²) in [6, 6.07) is 8.23. The fraction of sp³-hybridized carbons (Fsp3) is 0.429. The van der Waals surface area contributed by atoms with Gasteiger partial charge in [-0.1, -0.05) is 24.3 Å². The van der Waals surface area contributed by atoms with Crippen LogP contribution in [0.4, 0.5) is 14.6 Å². The number of fused-ring (bicyclic) bond motifs is 2. The molecule has 164 valence electrons. The average Bonchev–Trinajstić information content (AvgIpc) is 3.18. The maximum Gasteiger partial charge on any atom is 0.287 e. The Balaban J connectivity index is 1.25. The molecule has 1 aliphatic heterocycles. The Bertz CT molecular complexity index is 1220. The Morgan fingerprint density at radius 1 is 1.23 bits per heavy atom. The van der Waals surface area contributed by atoms with E-state index in [9.17, 15) is 17.2 Å². The smallest absolute Gasteiger partial charge is 0.287 e. The number of rotatable bonds is 5. The van der Waals surface area contributed by atoms with Gasteiger partial charge in [0.1, 0.15) is 17.8 Å². The quantitative estimate of drug-likeness (QED) is 0.650. The lowest BCUT2D eigenvalue weighted by molar-refractivity contribution is -0.0322. The molecule has 0 bridgehead atoms. The van der Waals surface area contributed by atoms with Crippen LogP contribution in [0.15, 0.2) is 42.9 Å². The third kappa shape index (κ3) is 3.57. The molecule has 10 heteroatoms. The van der Waals surface area contributed by atoms with Gasteiger partial charge in [-0.2, -0.15) is 13.1 Å². The molecular weight excluding hydrogens is 424 g/mol. The van der Waals surface area contributed by atoms with Crippen molar-refractivity contribution in [3.8, 4) is 0 Å². The highest BCUT2D eigenvalue weighted by Crippen LogP contribution is 2.40. The number of hydrogen-bond donors (Lipinski definition) is 1. The molecule has 1 fully saturated rings. The maximum atomic E-state index is 14.5. The molecule has 3 heterocycles. The molecule has 0 unspecified atom stereocenters. The van der Waals surface area contributed by atoms with Crippen molar-refractivity contribution in [2.45, 2.75) is 31.4 Å². The van der Waals surface area contributed by atoms with Crippen LogP contribution in [0.25, 0.3) is 11.0 Å². The summed E-state index contributed by atoms with van der Waals surface area (Å²) in [5.41, 5.74) is 1.04. The molecule has 0 saturated heterocycles. The lowest BCUT2D eigenvalue weighted by Gasteiger charge is -2.42. The monoisotopic (exact) mass is 447 g/mol. The number of nitrogens with zero attached hydrogens (tertiary/aromatic N) is 4. The van der Waals surface area contributed by atoms with Crippen molar-refractivity contribution in [2.75, 3.05) is 24.2 Å². The normalized spacial score (nSPS) is 23.3. The van der Waals surface area contributed by atoms with E-state index in [0.29, 0.717) is 18.4 Å². The van der Waals surface area contributed by atoms with E-state index in [4.69, 9.17) is 0 Å². The molecule has 0 spiro atoms. The second-order valence-electron chi connectivity index (χ2n) is 8.45. The van der Waals surface area contributed by atoms with E-state index < -0.39 is 22.5 Å². The lowest BCUT2D eigenvalue weighted by Crippen LogP contribution is -2.49. The number of sulfonamides is 1. The fourth-order valence-corrected chi connectivity index (χ4v) is 6.41. The van der Waals surface area contributed by atoms with E-state index in [1.807, 2.05) is 18.0 Å². The van der Waals surface area contributed by atoms with Crippen LogP contribution < -0.4 is 4.90 Å². The van der Waals surface area contributed by atoms with Crippen LogP contribution >= 0.6 is 0 Å². The minimum absolute atomic E-state index is 0.00342. The number of H-pyrrole nitrogens is 1. The zero-order chi connectivity index (χ0) is 21.8. The lowest BCUT2D eigenvalue weighted by atomic mass is 9.81. The standard InChI is InChI=1S/C21H23F2N5O2S/c1-27(20-17-6-7-24-19(17)25-13-26-20)16-8-14(9-16)11-31(29,30)28-10-15-4-2-3-5-18(15)21(22,23)12-28/h2-7,13-14,16H,8-12H2,1H3,(H,24,25,26)/t14-,16+. The van der Waals surface area contributed by atoms with Gasteiger partial charge in [-0.15, -0.1) is 0 Å². The number of hydrogen-bond acceptors (Lipinski definition) is 5. The first-order valence-electron chi connectivity index (χ1n) is 10.2. The summed E-state index contributed by atoms with van der Waals surface area (Å²) >= 11 is 0. The summed E-state index contributed by atoms with van der Waals surface area (Å²) < 4.78 is 55.9.